The molecular weight excluding hydrogens is 188 g/mol. The molecule has 0 saturated carbocycles. The molecule has 1 fully saturated rings. The van der Waals surface area contributed by atoms with Crippen molar-refractivity contribution < 1.29 is 4.79 Å². The zero-order valence-electron chi connectivity index (χ0n) is 9.42. The van der Waals surface area contributed by atoms with Gasteiger partial charge in [0.25, 0.3) is 0 Å². The normalized spacial score (nSPS) is 25.6. The van der Waals surface area contributed by atoms with E-state index < -0.39 is 0 Å². The van der Waals surface area contributed by atoms with Crippen LogP contribution in [0.4, 0.5) is 0 Å². The van der Waals surface area contributed by atoms with E-state index >= 15 is 0 Å². The predicted octanol–water partition coefficient (Wildman–Crippen LogP) is 1.63. The molecule has 0 radical (unpaired) electrons. The van der Waals surface area contributed by atoms with E-state index in [9.17, 15) is 4.79 Å². The van der Waals surface area contributed by atoms with E-state index in [2.05, 4.69) is 42.2 Å². The average Bonchev–Trinajstić information content (AvgIpc) is 2.76. The lowest BCUT2D eigenvalue weighted by molar-refractivity contribution is -0.119. The van der Waals surface area contributed by atoms with E-state index in [0.717, 1.165) is 19.3 Å². The van der Waals surface area contributed by atoms with Gasteiger partial charge in [-0.3, -0.25) is 4.79 Å². The molecule has 15 heavy (non-hydrogen) atoms. The third kappa shape index (κ3) is 1.91. The third-order valence-electron chi connectivity index (χ3n) is 3.48. The Balaban J connectivity index is 2.15. The summed E-state index contributed by atoms with van der Waals surface area (Å²) in [5, 5.41) is 3.13. The first-order valence-electron chi connectivity index (χ1n) is 5.56. The summed E-state index contributed by atoms with van der Waals surface area (Å²) < 4.78 is 2.13. The molecule has 0 bridgehead atoms. The molecule has 1 unspecified atom stereocenters. The van der Waals surface area contributed by atoms with E-state index in [1.165, 1.54) is 5.69 Å². The Kier molecular flexibility index (Phi) is 2.55. The van der Waals surface area contributed by atoms with Gasteiger partial charge in [-0.15, -0.1) is 0 Å². The third-order valence-corrected chi connectivity index (χ3v) is 3.48. The van der Waals surface area contributed by atoms with Crippen LogP contribution in [0.25, 0.3) is 0 Å². The van der Waals surface area contributed by atoms with Crippen molar-refractivity contribution in [3.05, 3.63) is 24.0 Å². The first-order valence-corrected chi connectivity index (χ1v) is 5.56. The molecule has 82 valence electrons. The molecule has 1 atom stereocenters. The number of nitrogens with one attached hydrogen (secondary N) is 1. The quantitative estimate of drug-likeness (QED) is 0.801. The molecule has 1 N–H and O–H groups in total. The molecule has 1 aliphatic heterocycles. The number of aryl methyl sites for hydroxylation is 1. The molecule has 0 spiro atoms. The predicted molar refractivity (Wildman–Crippen MR) is 59.5 cm³/mol. The van der Waals surface area contributed by atoms with Gasteiger partial charge in [0.05, 0.1) is 0 Å². The fourth-order valence-electron chi connectivity index (χ4n) is 2.32. The number of hydrogen-bond acceptors (Lipinski definition) is 1. The topological polar surface area (TPSA) is 34.0 Å². The minimum Gasteiger partial charge on any atom is -0.354 e. The van der Waals surface area contributed by atoms with Crippen molar-refractivity contribution in [3.63, 3.8) is 0 Å². The Morgan fingerprint density at radius 2 is 2.40 bits per heavy atom. The summed E-state index contributed by atoms with van der Waals surface area (Å²) in [7, 11) is 2.05. The SMILES string of the molecule is CCC1(Cc2cccn2C)CCC(=O)N1. The lowest BCUT2D eigenvalue weighted by Crippen LogP contribution is -2.43. The molecule has 1 aliphatic rings. The number of nitrogens with zero attached hydrogens (tertiary/aromatic N) is 1. The monoisotopic (exact) mass is 206 g/mol. The van der Waals surface area contributed by atoms with Crippen molar-refractivity contribution in [2.24, 2.45) is 7.05 Å². The standard InChI is InChI=1S/C12H18N2O/c1-3-12(7-6-11(15)13-12)9-10-5-4-8-14(10)2/h4-5,8H,3,6-7,9H2,1-2H3,(H,13,15). The summed E-state index contributed by atoms with van der Waals surface area (Å²) in [6.45, 7) is 2.15. The van der Waals surface area contributed by atoms with Crippen LogP contribution in [0.5, 0.6) is 0 Å². The van der Waals surface area contributed by atoms with Crippen molar-refractivity contribution >= 4 is 5.91 Å². The van der Waals surface area contributed by atoms with Gasteiger partial charge >= 0.3 is 0 Å². The number of carbonyl (C=O) groups excluding carboxylic acids is 1. The Morgan fingerprint density at radius 1 is 1.60 bits per heavy atom. The number of amides is 1. The van der Waals surface area contributed by atoms with Gasteiger partial charge in [0.15, 0.2) is 0 Å². The van der Waals surface area contributed by atoms with E-state index in [1.807, 2.05) is 0 Å². The van der Waals surface area contributed by atoms with E-state index in [-0.39, 0.29) is 11.4 Å². The van der Waals surface area contributed by atoms with Gasteiger partial charge in [-0.25, -0.2) is 0 Å². The Bertz CT molecular complexity index is 369. The van der Waals surface area contributed by atoms with Crippen molar-refractivity contribution in [3.8, 4) is 0 Å². The van der Waals surface area contributed by atoms with Crippen molar-refractivity contribution in [1.82, 2.24) is 9.88 Å². The number of rotatable bonds is 3. The molecule has 1 amide bonds. The summed E-state index contributed by atoms with van der Waals surface area (Å²) in [4.78, 5) is 11.3. The van der Waals surface area contributed by atoms with Gasteiger partial charge in [0.2, 0.25) is 5.91 Å². The first-order chi connectivity index (χ1) is 7.15. The highest BCUT2D eigenvalue weighted by atomic mass is 16.2. The van der Waals surface area contributed by atoms with Crippen LogP contribution in [0.2, 0.25) is 0 Å². The van der Waals surface area contributed by atoms with Gasteiger partial charge in [-0.05, 0) is 25.0 Å². The molecular formula is C12H18N2O. The second-order valence-corrected chi connectivity index (χ2v) is 4.47. The van der Waals surface area contributed by atoms with E-state index in [1.54, 1.807) is 0 Å². The van der Waals surface area contributed by atoms with Crippen LogP contribution < -0.4 is 5.32 Å². The summed E-state index contributed by atoms with van der Waals surface area (Å²) in [5.41, 5.74) is 1.29. The summed E-state index contributed by atoms with van der Waals surface area (Å²) >= 11 is 0. The number of hydrogen-bond donors (Lipinski definition) is 1. The maximum atomic E-state index is 11.3. The summed E-state index contributed by atoms with van der Waals surface area (Å²) in [5.74, 6) is 0.200. The van der Waals surface area contributed by atoms with Gasteiger partial charge in [-0.1, -0.05) is 6.92 Å². The van der Waals surface area contributed by atoms with E-state index in [0.29, 0.717) is 6.42 Å². The zero-order valence-corrected chi connectivity index (χ0v) is 9.42. The highest BCUT2D eigenvalue weighted by Crippen LogP contribution is 2.27. The van der Waals surface area contributed by atoms with Crippen molar-refractivity contribution in [1.29, 1.82) is 0 Å². The molecule has 0 aromatic carbocycles. The molecule has 2 rings (SSSR count). The second-order valence-electron chi connectivity index (χ2n) is 4.47. The Labute approximate surface area is 90.5 Å². The van der Waals surface area contributed by atoms with Crippen LogP contribution in [-0.4, -0.2) is 16.0 Å². The van der Waals surface area contributed by atoms with Crippen LogP contribution in [-0.2, 0) is 18.3 Å². The van der Waals surface area contributed by atoms with Gasteiger partial charge in [-0.2, -0.15) is 0 Å². The van der Waals surface area contributed by atoms with Gasteiger partial charge in [0.1, 0.15) is 0 Å². The van der Waals surface area contributed by atoms with Crippen LogP contribution in [0.15, 0.2) is 18.3 Å². The van der Waals surface area contributed by atoms with Crippen LogP contribution >= 0.6 is 0 Å². The zero-order chi connectivity index (χ0) is 10.9. The first kappa shape index (κ1) is 10.3. The number of aromatic nitrogens is 1. The number of carbonyl (C=O) groups is 1. The van der Waals surface area contributed by atoms with Gasteiger partial charge in [0, 0.05) is 37.3 Å². The molecule has 3 nitrogen and oxygen atoms in total. The minimum atomic E-state index is 0.00317. The molecule has 2 heterocycles. The Hall–Kier alpha value is -1.25. The maximum absolute atomic E-state index is 11.3. The van der Waals surface area contributed by atoms with Crippen molar-refractivity contribution in [2.75, 3.05) is 0 Å². The van der Waals surface area contributed by atoms with Crippen LogP contribution in [0.3, 0.4) is 0 Å². The van der Waals surface area contributed by atoms with Crippen LogP contribution in [0, 0.1) is 0 Å². The fourth-order valence-corrected chi connectivity index (χ4v) is 2.32. The molecule has 1 saturated heterocycles. The highest BCUT2D eigenvalue weighted by molar-refractivity contribution is 5.79. The van der Waals surface area contributed by atoms with Crippen LogP contribution in [0.1, 0.15) is 31.9 Å². The van der Waals surface area contributed by atoms with Crippen molar-refractivity contribution in [2.45, 2.75) is 38.1 Å². The lowest BCUT2D eigenvalue weighted by Gasteiger charge is -2.27. The molecule has 3 heteroatoms. The lowest BCUT2D eigenvalue weighted by atomic mass is 9.89. The average molecular weight is 206 g/mol. The molecule has 1 aromatic rings. The largest absolute Gasteiger partial charge is 0.354 e. The molecule has 0 aliphatic carbocycles. The smallest absolute Gasteiger partial charge is 0.220 e. The minimum absolute atomic E-state index is 0.00317. The Morgan fingerprint density at radius 3 is 2.87 bits per heavy atom. The summed E-state index contributed by atoms with van der Waals surface area (Å²) in [6, 6.07) is 4.18. The van der Waals surface area contributed by atoms with E-state index in [4.69, 9.17) is 0 Å². The molecule has 1 aromatic heterocycles. The highest BCUT2D eigenvalue weighted by Gasteiger charge is 2.36. The van der Waals surface area contributed by atoms with Gasteiger partial charge < -0.3 is 9.88 Å². The maximum Gasteiger partial charge on any atom is 0.220 e. The summed E-state index contributed by atoms with van der Waals surface area (Å²) in [6.07, 6.45) is 5.64. The second kappa shape index (κ2) is 3.72. The fraction of sp³-hybridized carbons (Fsp3) is 0.583.